The second kappa shape index (κ2) is 11.9. The first-order valence-electron chi connectivity index (χ1n) is 6.58. The van der Waals surface area contributed by atoms with E-state index in [2.05, 4.69) is 20.8 Å². The Morgan fingerprint density at radius 3 is 2.00 bits per heavy atom. The summed E-state index contributed by atoms with van der Waals surface area (Å²) in [5.74, 6) is 0. The summed E-state index contributed by atoms with van der Waals surface area (Å²) in [4.78, 5) is 0. The van der Waals surface area contributed by atoms with E-state index in [0.717, 1.165) is 0 Å². The fraction of sp³-hybridized carbons (Fsp3) is 1.00. The van der Waals surface area contributed by atoms with Crippen LogP contribution in [0.1, 0.15) is 73.6 Å². The number of hydrogen-bond acceptors (Lipinski definition) is 0. The Bertz CT molecular complexity index is 103. The molecule has 0 nitrogen and oxygen atoms in total. The van der Waals surface area contributed by atoms with Gasteiger partial charge in [0.25, 0.3) is 0 Å². The monoisotopic (exact) mass is 305 g/mol. The minimum atomic E-state index is 0. The third kappa shape index (κ3) is 9.36. The van der Waals surface area contributed by atoms with Crippen LogP contribution in [0.4, 0.5) is 0 Å². The zero-order chi connectivity index (χ0) is 10.6. The summed E-state index contributed by atoms with van der Waals surface area (Å²) in [5, 5.41) is 0. The molecule has 2 radical (unpaired) electrons. The van der Waals surface area contributed by atoms with Gasteiger partial charge >= 0.3 is 102 Å². The topological polar surface area (TPSA) is 0 Å². The molecule has 0 atom stereocenters. The van der Waals surface area contributed by atoms with Crippen molar-refractivity contribution in [2.24, 2.45) is 0 Å². The molecule has 0 aliphatic heterocycles. The van der Waals surface area contributed by atoms with Crippen LogP contribution in [0.25, 0.3) is 0 Å². The second-order valence-corrected chi connectivity index (χ2v) is 9.16. The van der Waals surface area contributed by atoms with Crippen molar-refractivity contribution >= 4 is 21.1 Å². The molecule has 1 heteroatoms. The third-order valence-electron chi connectivity index (χ3n) is 2.95. The van der Waals surface area contributed by atoms with Gasteiger partial charge in [0.05, 0.1) is 0 Å². The van der Waals surface area contributed by atoms with E-state index < -0.39 is 0 Å². The molecule has 0 spiro atoms. The Hall–Kier alpha value is 0.799. The van der Waals surface area contributed by atoms with Crippen molar-refractivity contribution in [1.82, 2.24) is 0 Å². The van der Waals surface area contributed by atoms with Gasteiger partial charge < -0.3 is 1.43 Å². The normalized spacial score (nSPS) is 11.1. The molecule has 0 aliphatic rings. The first-order chi connectivity index (χ1) is 6.85. The molecule has 0 aromatic rings. The largest absolute Gasteiger partial charge is 1.00 e. The van der Waals surface area contributed by atoms with Crippen molar-refractivity contribution in [3.8, 4) is 0 Å². The first kappa shape index (κ1) is 14.8. The van der Waals surface area contributed by atoms with Crippen molar-refractivity contribution in [1.29, 1.82) is 0 Å². The summed E-state index contributed by atoms with van der Waals surface area (Å²) in [5.41, 5.74) is 0. The van der Waals surface area contributed by atoms with Gasteiger partial charge in [-0.1, -0.05) is 0 Å². The van der Waals surface area contributed by atoms with Gasteiger partial charge in [0.2, 0.25) is 0 Å². The van der Waals surface area contributed by atoms with E-state index in [4.69, 9.17) is 0 Å². The van der Waals surface area contributed by atoms with Gasteiger partial charge in [0, 0.05) is 0 Å². The molecule has 0 saturated carbocycles. The predicted molar refractivity (Wildman–Crippen MR) is 69.4 cm³/mol. The van der Waals surface area contributed by atoms with E-state index in [1.165, 1.54) is 48.9 Å². The van der Waals surface area contributed by atoms with Crippen molar-refractivity contribution in [3.63, 3.8) is 0 Å². The van der Waals surface area contributed by atoms with E-state index in [1.54, 1.807) is 10.9 Å². The zero-order valence-electron chi connectivity index (χ0n) is 11.4. The molecule has 14 heavy (non-hydrogen) atoms. The maximum Gasteiger partial charge on any atom is -1.00 e. The molecule has 0 bridgehead atoms. The van der Waals surface area contributed by atoms with Crippen molar-refractivity contribution in [2.45, 2.75) is 80.5 Å². The number of rotatable bonds is 10. The maximum atomic E-state index is 2.37. The Labute approximate surface area is 103 Å². The minimum absolute atomic E-state index is 0. The van der Waals surface area contributed by atoms with Gasteiger partial charge in [-0.25, -0.2) is 0 Å². The quantitative estimate of drug-likeness (QED) is 0.385. The maximum absolute atomic E-state index is 2.37. The van der Waals surface area contributed by atoms with Crippen molar-refractivity contribution in [2.75, 3.05) is 0 Å². The van der Waals surface area contributed by atoms with Crippen LogP contribution in [-0.2, 0) is 0 Å². The third-order valence-corrected chi connectivity index (χ3v) is 8.76. The van der Waals surface area contributed by atoms with Crippen LogP contribution < -0.4 is 0 Å². The first-order valence-corrected chi connectivity index (χ1v) is 10.2. The molecule has 0 amide bonds. The molecule has 0 fully saturated rings. The van der Waals surface area contributed by atoms with Crippen LogP contribution in [0, 0.1) is 0 Å². The zero-order valence-corrected chi connectivity index (χ0v) is 13.3. The van der Waals surface area contributed by atoms with Crippen LogP contribution in [0.5, 0.6) is 0 Å². The van der Waals surface area contributed by atoms with Crippen molar-refractivity contribution in [3.05, 3.63) is 0 Å². The SMILES string of the molecule is CCCCCCC[CH2][Sn][CH](CC)CC.[H-]. The molecule has 0 heterocycles. The van der Waals surface area contributed by atoms with Gasteiger partial charge in [-0.05, 0) is 0 Å². The van der Waals surface area contributed by atoms with E-state index in [9.17, 15) is 0 Å². The smallest absolute Gasteiger partial charge is 1.00 e. The van der Waals surface area contributed by atoms with Crippen LogP contribution in [-0.4, -0.2) is 21.1 Å². The average molecular weight is 304 g/mol. The van der Waals surface area contributed by atoms with Crippen LogP contribution in [0.3, 0.4) is 0 Å². The van der Waals surface area contributed by atoms with Crippen LogP contribution >= 0.6 is 0 Å². The van der Waals surface area contributed by atoms with Crippen molar-refractivity contribution < 1.29 is 1.43 Å². The summed E-state index contributed by atoms with van der Waals surface area (Å²) >= 11 is 0.0198. The van der Waals surface area contributed by atoms with Crippen LogP contribution in [0.2, 0.25) is 8.37 Å². The Balaban J connectivity index is 0. The summed E-state index contributed by atoms with van der Waals surface area (Å²) in [7, 11) is 0. The van der Waals surface area contributed by atoms with Crippen LogP contribution in [0.15, 0.2) is 0 Å². The Kier molecular flexibility index (Phi) is 12.5. The predicted octanol–water partition coefficient (Wildman–Crippen LogP) is 5.19. The molecule has 0 N–H and O–H groups in total. The molecule has 0 aliphatic carbocycles. The van der Waals surface area contributed by atoms with Gasteiger partial charge in [-0.3, -0.25) is 0 Å². The summed E-state index contributed by atoms with van der Waals surface area (Å²) in [6.45, 7) is 7.04. The van der Waals surface area contributed by atoms with E-state index >= 15 is 0 Å². The standard InChI is InChI=1S/C8H17.C5H11.Sn.H/c1-3-5-7-8-6-4-2;1-3-5-4-2;;/h1,3-8H2,2H3;5H,3-4H2,1-2H3;;/q;;;-1. The van der Waals surface area contributed by atoms with E-state index in [0.29, 0.717) is 0 Å². The molecular weight excluding hydrogens is 275 g/mol. The van der Waals surface area contributed by atoms with Gasteiger partial charge in [0.1, 0.15) is 0 Å². The van der Waals surface area contributed by atoms with E-state index in [-0.39, 0.29) is 22.6 Å². The summed E-state index contributed by atoms with van der Waals surface area (Å²) < 4.78 is 2.82. The van der Waals surface area contributed by atoms with E-state index in [1.807, 2.05) is 0 Å². The fourth-order valence-electron chi connectivity index (χ4n) is 1.79. The van der Waals surface area contributed by atoms with Gasteiger partial charge in [-0.15, -0.1) is 0 Å². The Morgan fingerprint density at radius 1 is 0.857 bits per heavy atom. The average Bonchev–Trinajstić information content (AvgIpc) is 2.22. The molecule has 0 unspecified atom stereocenters. The van der Waals surface area contributed by atoms with Gasteiger partial charge in [0.15, 0.2) is 0 Å². The summed E-state index contributed by atoms with van der Waals surface area (Å²) in [6, 6.07) is 0. The molecule has 0 saturated heterocycles. The molecule has 86 valence electrons. The fourth-order valence-corrected chi connectivity index (χ4v) is 5.90. The number of unbranched alkanes of at least 4 members (excludes halogenated alkanes) is 5. The van der Waals surface area contributed by atoms with Gasteiger partial charge in [-0.2, -0.15) is 0 Å². The number of hydrogen-bond donors (Lipinski definition) is 0. The Morgan fingerprint density at radius 2 is 1.43 bits per heavy atom. The summed E-state index contributed by atoms with van der Waals surface area (Å²) in [6.07, 6.45) is 11.8. The second-order valence-electron chi connectivity index (χ2n) is 4.24. The molecule has 0 aromatic heterocycles. The molecule has 0 aromatic carbocycles. The minimum Gasteiger partial charge on any atom is -1.00 e. The molecule has 0 rings (SSSR count). The molecular formula is C13H29Sn-.